The van der Waals surface area contributed by atoms with Crippen LogP contribution in [0, 0.1) is 23.5 Å². The van der Waals surface area contributed by atoms with Gasteiger partial charge in [0.2, 0.25) is 0 Å². The van der Waals surface area contributed by atoms with Crippen molar-refractivity contribution in [2.75, 3.05) is 18.0 Å². The Bertz CT molecular complexity index is 1070. The number of amides is 1. The van der Waals surface area contributed by atoms with Crippen LogP contribution in [0.2, 0.25) is 0 Å². The van der Waals surface area contributed by atoms with Crippen molar-refractivity contribution in [2.24, 2.45) is 17.6 Å². The number of nitrogens with two attached hydrogens (primary N) is 1. The van der Waals surface area contributed by atoms with Crippen LogP contribution in [0.5, 0.6) is 0 Å². The highest BCUT2D eigenvalue weighted by Crippen LogP contribution is 2.39. The fraction of sp³-hybridized carbons (Fsp3) is 0.600. The number of aromatic nitrogens is 1. The van der Waals surface area contributed by atoms with E-state index in [1.807, 2.05) is 6.92 Å². The lowest BCUT2D eigenvalue weighted by molar-refractivity contribution is 0.0861. The molecule has 1 aromatic heterocycles. The van der Waals surface area contributed by atoms with E-state index >= 15 is 0 Å². The summed E-state index contributed by atoms with van der Waals surface area (Å²) in [5.41, 5.74) is 7.90. The summed E-state index contributed by atoms with van der Waals surface area (Å²) in [5, 5.41) is 3.49. The van der Waals surface area contributed by atoms with E-state index in [-0.39, 0.29) is 11.9 Å². The maximum Gasteiger partial charge on any atom is 0.253 e. The molecular weight excluding hydrogens is 470 g/mol. The first-order valence-corrected chi connectivity index (χ1v) is 14.1. The standard InChI is InChI=1S/C30H40F2N4O/c1-30(33)13-15-36(19-30)28-25(12-14-34-27(28)22-16-23(31)18-24(32)17-22)29(37)35-26(20-8-4-2-5-9-20)21-10-6-3-7-11-21/h12,14,16-18,20-21,26H,2-11,13,15,19,33H2,1H3,(H,35,37)/t30-/m0/s1. The van der Waals surface area contributed by atoms with Crippen LogP contribution in [-0.4, -0.2) is 35.6 Å². The molecule has 1 amide bonds. The van der Waals surface area contributed by atoms with Crippen LogP contribution < -0.4 is 16.0 Å². The Labute approximate surface area is 219 Å². The van der Waals surface area contributed by atoms with Crippen LogP contribution in [0.1, 0.15) is 87.9 Å². The summed E-state index contributed by atoms with van der Waals surface area (Å²) in [6.07, 6.45) is 14.4. The number of halogens is 2. The zero-order chi connectivity index (χ0) is 26.0. The van der Waals surface area contributed by atoms with E-state index in [0.717, 1.165) is 38.2 Å². The Morgan fingerprint density at radius 3 is 2.16 bits per heavy atom. The zero-order valence-electron chi connectivity index (χ0n) is 21.9. The second kappa shape index (κ2) is 11.1. The fourth-order valence-electron chi connectivity index (χ4n) is 6.87. The van der Waals surface area contributed by atoms with E-state index < -0.39 is 17.2 Å². The van der Waals surface area contributed by atoms with Crippen molar-refractivity contribution in [1.29, 1.82) is 0 Å². The van der Waals surface area contributed by atoms with Crippen LogP contribution in [0.15, 0.2) is 30.5 Å². The summed E-state index contributed by atoms with van der Waals surface area (Å²) in [7, 11) is 0. The molecule has 3 N–H and O–H groups in total. The van der Waals surface area contributed by atoms with Gasteiger partial charge >= 0.3 is 0 Å². The monoisotopic (exact) mass is 510 g/mol. The average molecular weight is 511 g/mol. The van der Waals surface area contributed by atoms with Crippen LogP contribution in [0.3, 0.4) is 0 Å². The number of carbonyl (C=O) groups excluding carboxylic acids is 1. The largest absolute Gasteiger partial charge is 0.367 e. The van der Waals surface area contributed by atoms with Gasteiger partial charge in [0.05, 0.1) is 16.9 Å². The first-order valence-electron chi connectivity index (χ1n) is 14.1. The fourth-order valence-corrected chi connectivity index (χ4v) is 6.87. The van der Waals surface area contributed by atoms with Crippen molar-refractivity contribution in [3.63, 3.8) is 0 Å². The van der Waals surface area contributed by atoms with Gasteiger partial charge in [-0.25, -0.2) is 8.78 Å². The van der Waals surface area contributed by atoms with Crippen LogP contribution >= 0.6 is 0 Å². The minimum atomic E-state index is -0.669. The lowest BCUT2D eigenvalue weighted by atomic mass is 9.73. The molecule has 0 spiro atoms. The molecular formula is C30H40F2N4O. The Kier molecular flexibility index (Phi) is 7.80. The number of nitrogens with zero attached hydrogens (tertiary/aromatic N) is 2. The third kappa shape index (κ3) is 5.97. The van der Waals surface area contributed by atoms with E-state index in [0.29, 0.717) is 47.4 Å². The molecule has 37 heavy (non-hydrogen) atoms. The van der Waals surface area contributed by atoms with Crippen LogP contribution in [0.4, 0.5) is 14.5 Å². The quantitative estimate of drug-likeness (QED) is 0.484. The highest BCUT2D eigenvalue weighted by Gasteiger charge is 2.36. The third-order valence-electron chi connectivity index (χ3n) is 8.74. The zero-order valence-corrected chi connectivity index (χ0v) is 21.9. The Balaban J connectivity index is 1.52. The van der Waals surface area contributed by atoms with Gasteiger partial charge < -0.3 is 16.0 Å². The number of pyridine rings is 1. The summed E-state index contributed by atoms with van der Waals surface area (Å²) >= 11 is 0. The van der Waals surface area contributed by atoms with Gasteiger partial charge in [0, 0.05) is 42.5 Å². The Morgan fingerprint density at radius 1 is 1.03 bits per heavy atom. The Morgan fingerprint density at radius 2 is 1.62 bits per heavy atom. The third-order valence-corrected chi connectivity index (χ3v) is 8.74. The summed E-state index contributed by atoms with van der Waals surface area (Å²) in [4.78, 5) is 20.6. The molecule has 1 aliphatic heterocycles. The summed E-state index contributed by atoms with van der Waals surface area (Å²) in [5.74, 6) is -0.457. The molecule has 1 saturated heterocycles. The molecule has 0 radical (unpaired) electrons. The highest BCUT2D eigenvalue weighted by molar-refractivity contribution is 6.03. The summed E-state index contributed by atoms with van der Waals surface area (Å²) in [6, 6.07) is 5.31. The molecule has 2 saturated carbocycles. The summed E-state index contributed by atoms with van der Waals surface area (Å²) in [6.45, 7) is 3.18. The van der Waals surface area contributed by atoms with Crippen LogP contribution in [-0.2, 0) is 0 Å². The van der Waals surface area contributed by atoms with Crippen molar-refractivity contribution < 1.29 is 13.6 Å². The normalized spacial score (nSPS) is 23.5. The van der Waals surface area contributed by atoms with Gasteiger partial charge in [-0.15, -0.1) is 0 Å². The van der Waals surface area contributed by atoms with Gasteiger partial charge in [-0.2, -0.15) is 0 Å². The van der Waals surface area contributed by atoms with Crippen LogP contribution in [0.25, 0.3) is 11.3 Å². The molecule has 3 aliphatic rings. The predicted molar refractivity (Wildman–Crippen MR) is 143 cm³/mol. The van der Waals surface area contributed by atoms with Gasteiger partial charge in [-0.1, -0.05) is 38.5 Å². The van der Waals surface area contributed by atoms with E-state index in [2.05, 4.69) is 15.2 Å². The molecule has 0 unspecified atom stereocenters. The molecule has 0 bridgehead atoms. The number of carbonyl (C=O) groups is 1. The molecule has 3 fully saturated rings. The molecule has 5 nitrogen and oxygen atoms in total. The maximum atomic E-state index is 14.2. The van der Waals surface area contributed by atoms with E-state index in [4.69, 9.17) is 5.73 Å². The molecule has 7 heteroatoms. The van der Waals surface area contributed by atoms with Gasteiger partial charge in [-0.05, 0) is 69.1 Å². The number of anilines is 1. The topological polar surface area (TPSA) is 71.2 Å². The van der Waals surface area contributed by atoms with Crippen molar-refractivity contribution in [3.8, 4) is 11.3 Å². The lowest BCUT2D eigenvalue weighted by Crippen LogP contribution is -2.47. The van der Waals surface area contributed by atoms with Crippen molar-refractivity contribution >= 4 is 11.6 Å². The smallest absolute Gasteiger partial charge is 0.253 e. The maximum absolute atomic E-state index is 14.2. The number of benzene rings is 1. The first kappa shape index (κ1) is 26.1. The molecule has 200 valence electrons. The Hall–Kier alpha value is -2.54. The van der Waals surface area contributed by atoms with E-state index in [1.54, 1.807) is 12.3 Å². The molecule has 1 aromatic carbocycles. The molecule has 1 atom stereocenters. The second-order valence-corrected chi connectivity index (χ2v) is 11.8. The van der Waals surface area contributed by atoms with Gasteiger partial charge in [0.15, 0.2) is 0 Å². The highest BCUT2D eigenvalue weighted by atomic mass is 19.1. The number of hydrogen-bond acceptors (Lipinski definition) is 4. The second-order valence-electron chi connectivity index (χ2n) is 11.8. The number of nitrogens with one attached hydrogen (secondary N) is 1. The minimum Gasteiger partial charge on any atom is -0.367 e. The molecule has 2 aliphatic carbocycles. The lowest BCUT2D eigenvalue weighted by Gasteiger charge is -2.38. The number of rotatable bonds is 6. The molecule has 5 rings (SSSR count). The van der Waals surface area contributed by atoms with Crippen molar-refractivity contribution in [2.45, 2.75) is 89.1 Å². The van der Waals surface area contributed by atoms with Crippen molar-refractivity contribution in [1.82, 2.24) is 10.3 Å². The first-order chi connectivity index (χ1) is 17.8. The van der Waals surface area contributed by atoms with Gasteiger partial charge in [0.25, 0.3) is 5.91 Å². The predicted octanol–water partition coefficient (Wildman–Crippen LogP) is 6.21. The molecule has 2 aromatic rings. The van der Waals surface area contributed by atoms with Gasteiger partial charge in [-0.3, -0.25) is 9.78 Å². The van der Waals surface area contributed by atoms with Gasteiger partial charge in [0.1, 0.15) is 11.6 Å². The van der Waals surface area contributed by atoms with E-state index in [1.165, 1.54) is 50.7 Å². The summed E-state index contributed by atoms with van der Waals surface area (Å²) < 4.78 is 28.4. The molecule has 2 heterocycles. The number of hydrogen-bond donors (Lipinski definition) is 2. The SMILES string of the molecule is C[C@]1(N)CCN(c2c(C(=O)NC(C3CCCCC3)C3CCCCC3)ccnc2-c2cc(F)cc(F)c2)C1. The van der Waals surface area contributed by atoms with E-state index in [9.17, 15) is 13.6 Å². The van der Waals surface area contributed by atoms with Crippen molar-refractivity contribution in [3.05, 3.63) is 47.7 Å². The minimum absolute atomic E-state index is 0.123. The average Bonchev–Trinajstić information content (AvgIpc) is 3.26.